The molecule has 1 aromatic rings. The standard InChI is InChI=1S/C18H28FN3/c1-14-13-20-8-11-22(14)18(15-6-9-21(2)10-7-15)16-4-3-5-17(19)12-16/h3-5,12,14-15,18,20H,6-11,13H2,1-2H3/t14-,18?/m0/s1. The second-order valence-corrected chi connectivity index (χ2v) is 6.93. The van der Waals surface area contributed by atoms with Crippen molar-refractivity contribution in [1.29, 1.82) is 0 Å². The van der Waals surface area contributed by atoms with Crippen LogP contribution in [0.4, 0.5) is 4.39 Å². The molecule has 4 heteroatoms. The summed E-state index contributed by atoms with van der Waals surface area (Å²) in [5, 5.41) is 3.47. The Balaban J connectivity index is 1.87. The van der Waals surface area contributed by atoms with Crippen molar-refractivity contribution in [2.75, 3.05) is 39.8 Å². The Morgan fingerprint density at radius 1 is 1.23 bits per heavy atom. The lowest BCUT2D eigenvalue weighted by Gasteiger charge is -2.45. The van der Waals surface area contributed by atoms with E-state index in [9.17, 15) is 4.39 Å². The minimum Gasteiger partial charge on any atom is -0.314 e. The first kappa shape index (κ1) is 15.9. The Hall–Kier alpha value is -0.970. The maximum absolute atomic E-state index is 13.8. The highest BCUT2D eigenvalue weighted by Gasteiger charge is 2.34. The van der Waals surface area contributed by atoms with Crippen molar-refractivity contribution < 1.29 is 4.39 Å². The molecule has 1 N–H and O–H groups in total. The maximum Gasteiger partial charge on any atom is 0.123 e. The molecule has 2 aliphatic rings. The molecule has 2 heterocycles. The molecule has 1 unspecified atom stereocenters. The number of rotatable bonds is 3. The van der Waals surface area contributed by atoms with E-state index in [2.05, 4.69) is 35.2 Å². The topological polar surface area (TPSA) is 18.5 Å². The van der Waals surface area contributed by atoms with Crippen molar-refractivity contribution in [2.24, 2.45) is 5.92 Å². The van der Waals surface area contributed by atoms with Gasteiger partial charge in [0.25, 0.3) is 0 Å². The van der Waals surface area contributed by atoms with Crippen LogP contribution in [0.2, 0.25) is 0 Å². The summed E-state index contributed by atoms with van der Waals surface area (Å²) in [5.74, 6) is 0.511. The Labute approximate surface area is 133 Å². The first-order valence-corrected chi connectivity index (χ1v) is 8.55. The molecule has 2 saturated heterocycles. The Kier molecular flexibility index (Phi) is 5.11. The minimum absolute atomic E-state index is 0.113. The van der Waals surface area contributed by atoms with Gasteiger partial charge in [0.05, 0.1) is 0 Å². The van der Waals surface area contributed by atoms with Crippen LogP contribution >= 0.6 is 0 Å². The predicted octanol–water partition coefficient (Wildman–Crippen LogP) is 2.50. The number of piperazine rings is 1. The predicted molar refractivity (Wildman–Crippen MR) is 88.4 cm³/mol. The molecule has 0 aliphatic carbocycles. The van der Waals surface area contributed by atoms with Gasteiger partial charge in [0.1, 0.15) is 5.82 Å². The van der Waals surface area contributed by atoms with E-state index in [4.69, 9.17) is 0 Å². The Morgan fingerprint density at radius 3 is 2.68 bits per heavy atom. The number of benzene rings is 1. The molecule has 3 nitrogen and oxygen atoms in total. The zero-order valence-corrected chi connectivity index (χ0v) is 13.8. The van der Waals surface area contributed by atoms with E-state index < -0.39 is 0 Å². The van der Waals surface area contributed by atoms with Gasteiger partial charge in [-0.05, 0) is 63.5 Å². The number of hydrogen-bond acceptors (Lipinski definition) is 3. The van der Waals surface area contributed by atoms with Gasteiger partial charge in [0.15, 0.2) is 0 Å². The second-order valence-electron chi connectivity index (χ2n) is 6.93. The second kappa shape index (κ2) is 7.07. The summed E-state index contributed by atoms with van der Waals surface area (Å²) in [7, 11) is 2.20. The summed E-state index contributed by atoms with van der Waals surface area (Å²) >= 11 is 0. The highest BCUT2D eigenvalue weighted by Crippen LogP contribution is 2.37. The molecule has 2 atom stereocenters. The molecular weight excluding hydrogens is 277 g/mol. The van der Waals surface area contributed by atoms with Crippen LogP contribution in [-0.4, -0.2) is 55.6 Å². The largest absolute Gasteiger partial charge is 0.314 e. The molecule has 3 rings (SSSR count). The van der Waals surface area contributed by atoms with E-state index in [1.807, 2.05) is 6.07 Å². The number of nitrogens with zero attached hydrogens (tertiary/aromatic N) is 2. The van der Waals surface area contributed by atoms with Crippen LogP contribution in [-0.2, 0) is 0 Å². The van der Waals surface area contributed by atoms with E-state index in [-0.39, 0.29) is 5.82 Å². The van der Waals surface area contributed by atoms with Gasteiger partial charge in [0, 0.05) is 31.7 Å². The number of nitrogens with one attached hydrogen (secondary N) is 1. The third-order valence-corrected chi connectivity index (χ3v) is 5.31. The normalized spacial score (nSPS) is 27.0. The number of likely N-dealkylation sites (tertiary alicyclic amines) is 1. The van der Waals surface area contributed by atoms with Gasteiger partial charge in [-0.25, -0.2) is 4.39 Å². The summed E-state index contributed by atoms with van der Waals surface area (Å²) in [4.78, 5) is 5.00. The summed E-state index contributed by atoms with van der Waals surface area (Å²) in [6.45, 7) is 7.69. The molecule has 22 heavy (non-hydrogen) atoms. The minimum atomic E-state index is -0.113. The van der Waals surface area contributed by atoms with Gasteiger partial charge in [-0.3, -0.25) is 4.90 Å². The molecule has 122 valence electrons. The van der Waals surface area contributed by atoms with Crippen LogP contribution in [0, 0.1) is 11.7 Å². The highest BCUT2D eigenvalue weighted by molar-refractivity contribution is 5.22. The maximum atomic E-state index is 13.8. The van der Waals surface area contributed by atoms with Gasteiger partial charge < -0.3 is 10.2 Å². The average Bonchev–Trinajstić information content (AvgIpc) is 2.51. The van der Waals surface area contributed by atoms with E-state index in [0.717, 1.165) is 38.3 Å². The van der Waals surface area contributed by atoms with Gasteiger partial charge in [0.2, 0.25) is 0 Å². The summed E-state index contributed by atoms with van der Waals surface area (Å²) < 4.78 is 13.8. The van der Waals surface area contributed by atoms with Crippen LogP contribution in [0.3, 0.4) is 0 Å². The monoisotopic (exact) mass is 305 g/mol. The molecule has 0 bridgehead atoms. The lowest BCUT2D eigenvalue weighted by Crippen LogP contribution is -2.53. The van der Waals surface area contributed by atoms with Gasteiger partial charge >= 0.3 is 0 Å². The molecule has 2 fully saturated rings. The number of halogens is 1. The fraction of sp³-hybridized carbons (Fsp3) is 0.667. The van der Waals surface area contributed by atoms with Crippen LogP contribution in [0.1, 0.15) is 31.4 Å². The molecule has 0 spiro atoms. The van der Waals surface area contributed by atoms with E-state index in [0.29, 0.717) is 18.0 Å². The third-order valence-electron chi connectivity index (χ3n) is 5.31. The van der Waals surface area contributed by atoms with Gasteiger partial charge in [-0.2, -0.15) is 0 Å². The zero-order chi connectivity index (χ0) is 15.5. The molecule has 2 aliphatic heterocycles. The lowest BCUT2D eigenvalue weighted by atomic mass is 9.83. The zero-order valence-electron chi connectivity index (χ0n) is 13.8. The fourth-order valence-corrected chi connectivity index (χ4v) is 4.04. The van der Waals surface area contributed by atoms with Crippen LogP contribution < -0.4 is 5.32 Å². The highest BCUT2D eigenvalue weighted by atomic mass is 19.1. The van der Waals surface area contributed by atoms with Crippen LogP contribution in [0.5, 0.6) is 0 Å². The third kappa shape index (κ3) is 3.50. The average molecular weight is 305 g/mol. The van der Waals surface area contributed by atoms with E-state index in [1.54, 1.807) is 12.1 Å². The SMILES string of the molecule is C[C@H]1CNCCN1C(c1cccc(F)c1)C1CCN(C)CC1. The Bertz CT molecular complexity index is 485. The fourth-order valence-electron chi connectivity index (χ4n) is 4.04. The van der Waals surface area contributed by atoms with E-state index >= 15 is 0 Å². The van der Waals surface area contributed by atoms with Gasteiger partial charge in [-0.15, -0.1) is 0 Å². The van der Waals surface area contributed by atoms with Crippen molar-refractivity contribution in [3.63, 3.8) is 0 Å². The van der Waals surface area contributed by atoms with Crippen molar-refractivity contribution in [1.82, 2.24) is 15.1 Å². The van der Waals surface area contributed by atoms with Crippen molar-refractivity contribution in [2.45, 2.75) is 31.8 Å². The molecule has 0 radical (unpaired) electrons. The molecule has 1 aromatic carbocycles. The molecule has 0 aromatic heterocycles. The first-order valence-electron chi connectivity index (χ1n) is 8.55. The van der Waals surface area contributed by atoms with Crippen LogP contribution in [0.15, 0.2) is 24.3 Å². The van der Waals surface area contributed by atoms with Crippen molar-refractivity contribution >= 4 is 0 Å². The number of piperidine rings is 1. The van der Waals surface area contributed by atoms with Gasteiger partial charge in [-0.1, -0.05) is 12.1 Å². The smallest absolute Gasteiger partial charge is 0.123 e. The molecule has 0 saturated carbocycles. The summed E-state index contributed by atoms with van der Waals surface area (Å²) in [6, 6.07) is 8.12. The number of hydrogen-bond donors (Lipinski definition) is 1. The molecular formula is C18H28FN3. The van der Waals surface area contributed by atoms with E-state index in [1.165, 1.54) is 12.8 Å². The summed E-state index contributed by atoms with van der Waals surface area (Å²) in [5.41, 5.74) is 1.16. The quantitative estimate of drug-likeness (QED) is 0.926. The first-order chi connectivity index (χ1) is 10.6. The van der Waals surface area contributed by atoms with Crippen LogP contribution in [0.25, 0.3) is 0 Å². The van der Waals surface area contributed by atoms with Crippen molar-refractivity contribution in [3.05, 3.63) is 35.6 Å². The van der Waals surface area contributed by atoms with Crippen molar-refractivity contribution in [3.8, 4) is 0 Å². The molecule has 0 amide bonds. The lowest BCUT2D eigenvalue weighted by molar-refractivity contribution is 0.0517. The Morgan fingerprint density at radius 2 is 2.00 bits per heavy atom. The summed E-state index contributed by atoms with van der Waals surface area (Å²) in [6.07, 6.45) is 2.41.